The predicted octanol–water partition coefficient (Wildman–Crippen LogP) is 2.68. The van der Waals surface area contributed by atoms with E-state index in [0.717, 1.165) is 32.2 Å². The van der Waals surface area contributed by atoms with Crippen LogP contribution in [0.25, 0.3) is 0 Å². The molecule has 19 heavy (non-hydrogen) atoms. The average Bonchev–Trinajstić information content (AvgIpc) is 3.21. The van der Waals surface area contributed by atoms with Gasteiger partial charge in [0.25, 0.3) is 0 Å². The van der Waals surface area contributed by atoms with Crippen molar-refractivity contribution in [3.63, 3.8) is 0 Å². The van der Waals surface area contributed by atoms with Crippen molar-refractivity contribution >= 4 is 0 Å². The molecule has 0 amide bonds. The van der Waals surface area contributed by atoms with Crippen LogP contribution >= 0.6 is 0 Å². The molecule has 0 saturated heterocycles. The molecule has 106 valence electrons. The molecule has 1 fully saturated rings. The van der Waals surface area contributed by atoms with Gasteiger partial charge in [-0.25, -0.2) is 0 Å². The summed E-state index contributed by atoms with van der Waals surface area (Å²) in [6.45, 7) is 11.3. The van der Waals surface area contributed by atoms with Crippen LogP contribution in [0.4, 0.5) is 0 Å². The van der Waals surface area contributed by atoms with Crippen molar-refractivity contribution in [3.8, 4) is 0 Å². The Morgan fingerprint density at radius 2 is 2.00 bits per heavy atom. The highest BCUT2D eigenvalue weighted by atomic mass is 15.1. The lowest BCUT2D eigenvalue weighted by atomic mass is 9.92. The zero-order valence-corrected chi connectivity index (χ0v) is 12.5. The van der Waals surface area contributed by atoms with Crippen molar-refractivity contribution in [1.29, 1.82) is 0 Å². The van der Waals surface area contributed by atoms with Crippen molar-refractivity contribution < 1.29 is 0 Å². The van der Waals surface area contributed by atoms with E-state index >= 15 is 0 Å². The van der Waals surface area contributed by atoms with Crippen LogP contribution in [0.15, 0.2) is 24.5 Å². The predicted molar refractivity (Wildman–Crippen MR) is 80.0 cm³/mol. The van der Waals surface area contributed by atoms with Crippen LogP contribution in [0.2, 0.25) is 0 Å². The van der Waals surface area contributed by atoms with Gasteiger partial charge in [0.15, 0.2) is 0 Å². The minimum Gasteiger partial charge on any atom is -0.313 e. The van der Waals surface area contributed by atoms with Gasteiger partial charge in [-0.05, 0) is 42.5 Å². The second-order valence-electron chi connectivity index (χ2n) is 6.48. The standard InChI is InChI=1S/C16H27N3/c1-4-19(11-14-7-9-17-10-8-14)13-16(2,3)12-18-15-5-6-15/h7-10,15,18H,4-6,11-13H2,1-3H3. The van der Waals surface area contributed by atoms with Gasteiger partial charge in [-0.15, -0.1) is 0 Å². The Kier molecular flexibility index (Phi) is 4.94. The van der Waals surface area contributed by atoms with E-state index in [9.17, 15) is 0 Å². The van der Waals surface area contributed by atoms with Crippen LogP contribution in [-0.4, -0.2) is 35.6 Å². The Hall–Kier alpha value is -0.930. The van der Waals surface area contributed by atoms with Gasteiger partial charge >= 0.3 is 0 Å². The van der Waals surface area contributed by atoms with Crippen LogP contribution in [0.3, 0.4) is 0 Å². The fourth-order valence-electron chi connectivity index (χ4n) is 2.40. The second-order valence-corrected chi connectivity index (χ2v) is 6.48. The monoisotopic (exact) mass is 261 g/mol. The molecule has 3 nitrogen and oxygen atoms in total. The third-order valence-electron chi connectivity index (χ3n) is 3.70. The Morgan fingerprint density at radius 1 is 1.32 bits per heavy atom. The molecule has 1 saturated carbocycles. The minimum atomic E-state index is 0.325. The molecule has 0 radical (unpaired) electrons. The van der Waals surface area contributed by atoms with Gasteiger partial charge in [0.05, 0.1) is 0 Å². The average molecular weight is 261 g/mol. The Balaban J connectivity index is 1.82. The van der Waals surface area contributed by atoms with Gasteiger partial charge in [0, 0.05) is 38.1 Å². The quantitative estimate of drug-likeness (QED) is 0.780. The van der Waals surface area contributed by atoms with E-state index in [1.165, 1.54) is 18.4 Å². The topological polar surface area (TPSA) is 28.2 Å². The van der Waals surface area contributed by atoms with Crippen LogP contribution in [0.5, 0.6) is 0 Å². The van der Waals surface area contributed by atoms with E-state index in [1.54, 1.807) is 0 Å². The number of hydrogen-bond acceptors (Lipinski definition) is 3. The highest BCUT2D eigenvalue weighted by Crippen LogP contribution is 2.23. The van der Waals surface area contributed by atoms with E-state index in [-0.39, 0.29) is 0 Å². The third kappa shape index (κ3) is 5.29. The molecule has 3 heteroatoms. The minimum absolute atomic E-state index is 0.325. The zero-order valence-electron chi connectivity index (χ0n) is 12.5. The number of nitrogens with zero attached hydrogens (tertiary/aromatic N) is 2. The Labute approximate surface area is 117 Å². The molecule has 1 N–H and O–H groups in total. The third-order valence-corrected chi connectivity index (χ3v) is 3.70. The molecule has 0 aromatic carbocycles. The fourth-order valence-corrected chi connectivity index (χ4v) is 2.40. The van der Waals surface area contributed by atoms with E-state index in [4.69, 9.17) is 0 Å². The first kappa shape index (κ1) is 14.5. The van der Waals surface area contributed by atoms with Crippen LogP contribution < -0.4 is 5.32 Å². The second kappa shape index (κ2) is 6.49. The first-order valence-corrected chi connectivity index (χ1v) is 7.44. The van der Waals surface area contributed by atoms with Gasteiger partial charge in [-0.1, -0.05) is 20.8 Å². The summed E-state index contributed by atoms with van der Waals surface area (Å²) in [5, 5.41) is 3.65. The summed E-state index contributed by atoms with van der Waals surface area (Å²) in [7, 11) is 0. The normalized spacial score (nSPS) is 16.0. The largest absolute Gasteiger partial charge is 0.313 e. The summed E-state index contributed by atoms with van der Waals surface area (Å²) in [5.74, 6) is 0. The summed E-state index contributed by atoms with van der Waals surface area (Å²) in [4.78, 5) is 6.60. The SMILES string of the molecule is CCN(Cc1ccncc1)CC(C)(C)CNC1CC1. The number of nitrogens with one attached hydrogen (secondary N) is 1. The maximum Gasteiger partial charge on any atom is 0.0271 e. The highest BCUT2D eigenvalue weighted by Gasteiger charge is 2.26. The zero-order chi connectivity index (χ0) is 13.7. The summed E-state index contributed by atoms with van der Waals surface area (Å²) < 4.78 is 0. The van der Waals surface area contributed by atoms with E-state index < -0.39 is 0 Å². The number of aromatic nitrogens is 1. The van der Waals surface area contributed by atoms with Crippen molar-refractivity contribution in [2.75, 3.05) is 19.6 Å². The van der Waals surface area contributed by atoms with E-state index in [1.807, 2.05) is 12.4 Å². The molecule has 1 aliphatic rings. The van der Waals surface area contributed by atoms with E-state index in [0.29, 0.717) is 5.41 Å². The van der Waals surface area contributed by atoms with Crippen LogP contribution in [0.1, 0.15) is 39.2 Å². The van der Waals surface area contributed by atoms with Crippen molar-refractivity contribution in [2.45, 2.75) is 46.2 Å². The van der Waals surface area contributed by atoms with Crippen molar-refractivity contribution in [2.24, 2.45) is 5.41 Å². The lowest BCUT2D eigenvalue weighted by molar-refractivity contribution is 0.174. The Bertz CT molecular complexity index is 371. The van der Waals surface area contributed by atoms with Crippen LogP contribution in [0, 0.1) is 5.41 Å². The molecule has 1 heterocycles. The first-order chi connectivity index (χ1) is 9.09. The lowest BCUT2D eigenvalue weighted by Gasteiger charge is -2.32. The summed E-state index contributed by atoms with van der Waals surface area (Å²) >= 11 is 0. The first-order valence-electron chi connectivity index (χ1n) is 7.44. The number of pyridine rings is 1. The van der Waals surface area contributed by atoms with Crippen LogP contribution in [-0.2, 0) is 6.54 Å². The highest BCUT2D eigenvalue weighted by molar-refractivity contribution is 5.09. The molecule has 0 spiro atoms. The number of hydrogen-bond donors (Lipinski definition) is 1. The van der Waals surface area contributed by atoms with Gasteiger partial charge < -0.3 is 5.32 Å². The molecule has 0 atom stereocenters. The fraction of sp³-hybridized carbons (Fsp3) is 0.688. The molecule has 1 aliphatic carbocycles. The molecular formula is C16H27N3. The van der Waals surface area contributed by atoms with Gasteiger partial charge in [-0.3, -0.25) is 9.88 Å². The van der Waals surface area contributed by atoms with E-state index in [2.05, 4.69) is 48.1 Å². The van der Waals surface area contributed by atoms with Gasteiger partial charge in [0.1, 0.15) is 0 Å². The smallest absolute Gasteiger partial charge is 0.0271 e. The molecule has 1 aromatic rings. The lowest BCUT2D eigenvalue weighted by Crippen LogP contribution is -2.40. The molecule has 1 aromatic heterocycles. The molecule has 0 bridgehead atoms. The Morgan fingerprint density at radius 3 is 2.58 bits per heavy atom. The summed E-state index contributed by atoms with van der Waals surface area (Å²) in [6, 6.07) is 5.02. The maximum atomic E-state index is 4.08. The molecule has 0 unspecified atom stereocenters. The van der Waals surface area contributed by atoms with Gasteiger partial charge in [0.2, 0.25) is 0 Å². The van der Waals surface area contributed by atoms with Crippen molar-refractivity contribution in [1.82, 2.24) is 15.2 Å². The molecular weight excluding hydrogens is 234 g/mol. The summed E-state index contributed by atoms with van der Waals surface area (Å²) in [6.07, 6.45) is 6.49. The molecule has 0 aliphatic heterocycles. The van der Waals surface area contributed by atoms with Gasteiger partial charge in [-0.2, -0.15) is 0 Å². The van der Waals surface area contributed by atoms with Crippen molar-refractivity contribution in [3.05, 3.63) is 30.1 Å². The number of rotatable bonds is 8. The maximum absolute atomic E-state index is 4.08. The summed E-state index contributed by atoms with van der Waals surface area (Å²) in [5.41, 5.74) is 1.67. The molecule has 2 rings (SSSR count).